The third-order valence-corrected chi connectivity index (χ3v) is 6.02. The zero-order valence-electron chi connectivity index (χ0n) is 19.3. The summed E-state index contributed by atoms with van der Waals surface area (Å²) in [6, 6.07) is 12.9. The van der Waals surface area contributed by atoms with E-state index in [2.05, 4.69) is 4.98 Å². The van der Waals surface area contributed by atoms with Gasteiger partial charge in [0.05, 0.1) is 16.7 Å². The number of aromatic nitrogens is 1. The standard InChI is InChI=1S/C25H30F2N2O2S/c1-15(2)31-19-12-7-9-16(3)20(19)21-22(32-23(28)29-21)17-10-8-11-18(13-17)30-14-25(26,27)24(4,5)6/h7-13,15H,14H2,1-6H3,(H2,28,29). The number of aryl methyl sites for hydroxylation is 1. The highest BCUT2D eigenvalue weighted by atomic mass is 32.1. The Morgan fingerprint density at radius 3 is 2.44 bits per heavy atom. The number of alkyl halides is 2. The van der Waals surface area contributed by atoms with Gasteiger partial charge in [-0.2, -0.15) is 0 Å². The molecule has 0 amide bonds. The van der Waals surface area contributed by atoms with Crippen molar-refractivity contribution in [3.8, 4) is 33.2 Å². The van der Waals surface area contributed by atoms with E-state index < -0.39 is 17.9 Å². The van der Waals surface area contributed by atoms with Crippen LogP contribution in [0.2, 0.25) is 0 Å². The SMILES string of the molecule is Cc1cccc(OC(C)C)c1-c1nc(N)sc1-c1cccc(OCC(F)(F)C(C)(C)C)c1. The Morgan fingerprint density at radius 2 is 1.78 bits per heavy atom. The molecule has 172 valence electrons. The lowest BCUT2D eigenvalue weighted by atomic mass is 9.88. The van der Waals surface area contributed by atoms with Crippen LogP contribution >= 0.6 is 11.3 Å². The van der Waals surface area contributed by atoms with Gasteiger partial charge in [0.1, 0.15) is 11.5 Å². The summed E-state index contributed by atoms with van der Waals surface area (Å²) in [5, 5.41) is 0.416. The smallest absolute Gasteiger partial charge is 0.286 e. The third-order valence-electron chi connectivity index (χ3n) is 5.09. The largest absolute Gasteiger partial charge is 0.490 e. The van der Waals surface area contributed by atoms with Crippen LogP contribution in [-0.2, 0) is 0 Å². The molecule has 0 unspecified atom stereocenters. The normalized spacial score (nSPS) is 12.3. The number of halogens is 2. The minimum absolute atomic E-state index is 0.00352. The highest BCUT2D eigenvalue weighted by Gasteiger charge is 2.43. The van der Waals surface area contributed by atoms with Gasteiger partial charge in [-0.05, 0) is 50.1 Å². The monoisotopic (exact) mass is 460 g/mol. The number of nitrogens with two attached hydrogens (primary N) is 1. The Bertz CT molecular complexity index is 1090. The molecule has 0 radical (unpaired) electrons. The summed E-state index contributed by atoms with van der Waals surface area (Å²) >= 11 is 1.34. The first-order chi connectivity index (χ1) is 14.9. The molecule has 0 atom stereocenters. The van der Waals surface area contributed by atoms with E-state index in [0.717, 1.165) is 27.3 Å². The number of rotatable bonds is 7. The predicted octanol–water partition coefficient (Wildman–Crippen LogP) is 7.22. The van der Waals surface area contributed by atoms with E-state index in [4.69, 9.17) is 15.2 Å². The minimum Gasteiger partial charge on any atom is -0.490 e. The van der Waals surface area contributed by atoms with Crippen LogP contribution in [-0.4, -0.2) is 23.6 Å². The number of nitrogen functional groups attached to an aromatic ring is 1. The summed E-state index contributed by atoms with van der Waals surface area (Å²) < 4.78 is 40.2. The molecule has 7 heteroatoms. The Labute approximate surface area is 192 Å². The van der Waals surface area contributed by atoms with Gasteiger partial charge in [-0.15, -0.1) is 0 Å². The zero-order chi connectivity index (χ0) is 23.7. The molecular formula is C25H30F2N2O2S. The lowest BCUT2D eigenvalue weighted by Crippen LogP contribution is -2.39. The van der Waals surface area contributed by atoms with Crippen molar-refractivity contribution in [2.45, 2.75) is 53.6 Å². The molecule has 2 N–H and O–H groups in total. The van der Waals surface area contributed by atoms with Gasteiger partial charge >= 0.3 is 0 Å². The fourth-order valence-electron chi connectivity index (χ4n) is 3.12. The highest BCUT2D eigenvalue weighted by Crippen LogP contribution is 2.44. The van der Waals surface area contributed by atoms with Crippen molar-refractivity contribution >= 4 is 16.5 Å². The molecule has 0 aliphatic heterocycles. The summed E-state index contributed by atoms with van der Waals surface area (Å²) in [5.41, 5.74) is 8.28. The van der Waals surface area contributed by atoms with Crippen molar-refractivity contribution in [1.29, 1.82) is 0 Å². The summed E-state index contributed by atoms with van der Waals surface area (Å²) in [6.07, 6.45) is -0.00352. The van der Waals surface area contributed by atoms with Crippen molar-refractivity contribution in [3.05, 3.63) is 48.0 Å². The number of benzene rings is 2. The summed E-state index contributed by atoms with van der Waals surface area (Å²) in [5.74, 6) is -1.87. The van der Waals surface area contributed by atoms with Crippen LogP contribution in [0.4, 0.5) is 13.9 Å². The van der Waals surface area contributed by atoms with Crippen LogP contribution < -0.4 is 15.2 Å². The third kappa shape index (κ3) is 5.21. The van der Waals surface area contributed by atoms with Gasteiger partial charge in [-0.3, -0.25) is 0 Å². The Morgan fingerprint density at radius 1 is 1.09 bits per heavy atom. The topological polar surface area (TPSA) is 57.4 Å². The molecule has 0 fully saturated rings. The van der Waals surface area contributed by atoms with Crippen molar-refractivity contribution in [1.82, 2.24) is 4.98 Å². The van der Waals surface area contributed by atoms with E-state index in [-0.39, 0.29) is 6.10 Å². The molecule has 32 heavy (non-hydrogen) atoms. The Kier molecular flexibility index (Phi) is 6.79. The van der Waals surface area contributed by atoms with Gasteiger partial charge in [-0.1, -0.05) is 56.4 Å². The highest BCUT2D eigenvalue weighted by molar-refractivity contribution is 7.19. The molecule has 0 aliphatic carbocycles. The number of anilines is 1. The maximum absolute atomic E-state index is 14.4. The van der Waals surface area contributed by atoms with E-state index >= 15 is 0 Å². The molecule has 0 aliphatic rings. The molecule has 3 rings (SSSR count). The van der Waals surface area contributed by atoms with E-state index in [9.17, 15) is 8.78 Å². The Hall–Kier alpha value is -2.67. The fraction of sp³-hybridized carbons (Fsp3) is 0.400. The number of thiazole rings is 1. The molecule has 0 bridgehead atoms. The molecule has 4 nitrogen and oxygen atoms in total. The van der Waals surface area contributed by atoms with E-state index in [1.165, 1.54) is 32.1 Å². The van der Waals surface area contributed by atoms with Crippen molar-refractivity contribution in [2.24, 2.45) is 5.41 Å². The first-order valence-electron chi connectivity index (χ1n) is 10.5. The number of ether oxygens (including phenoxy) is 2. The molecular weight excluding hydrogens is 430 g/mol. The second-order valence-corrected chi connectivity index (χ2v) is 10.1. The van der Waals surface area contributed by atoms with E-state index in [0.29, 0.717) is 16.6 Å². The number of nitrogens with zero attached hydrogens (tertiary/aromatic N) is 1. The van der Waals surface area contributed by atoms with Crippen LogP contribution in [0.25, 0.3) is 21.7 Å². The van der Waals surface area contributed by atoms with Crippen molar-refractivity contribution in [2.75, 3.05) is 12.3 Å². The van der Waals surface area contributed by atoms with Crippen LogP contribution in [0.5, 0.6) is 11.5 Å². The lowest BCUT2D eigenvalue weighted by molar-refractivity contribution is -0.123. The lowest BCUT2D eigenvalue weighted by Gasteiger charge is -2.30. The zero-order valence-corrected chi connectivity index (χ0v) is 20.1. The maximum Gasteiger partial charge on any atom is 0.286 e. The van der Waals surface area contributed by atoms with Crippen molar-refractivity contribution < 1.29 is 18.3 Å². The second kappa shape index (κ2) is 9.06. The van der Waals surface area contributed by atoms with Gasteiger partial charge in [0.25, 0.3) is 5.92 Å². The van der Waals surface area contributed by atoms with E-state index in [1.54, 1.807) is 18.2 Å². The molecule has 0 spiro atoms. The van der Waals surface area contributed by atoms with Gasteiger partial charge in [0, 0.05) is 11.0 Å². The van der Waals surface area contributed by atoms with Crippen LogP contribution in [0.1, 0.15) is 40.2 Å². The molecule has 2 aromatic carbocycles. The van der Waals surface area contributed by atoms with Gasteiger partial charge in [-0.25, -0.2) is 13.8 Å². The minimum atomic E-state index is -2.96. The number of hydrogen-bond donors (Lipinski definition) is 1. The first kappa shape index (κ1) is 24.0. The van der Waals surface area contributed by atoms with Crippen LogP contribution in [0.3, 0.4) is 0 Å². The fourth-order valence-corrected chi connectivity index (χ4v) is 3.95. The number of hydrogen-bond acceptors (Lipinski definition) is 5. The average molecular weight is 461 g/mol. The van der Waals surface area contributed by atoms with Crippen LogP contribution in [0, 0.1) is 12.3 Å². The van der Waals surface area contributed by atoms with Gasteiger partial charge < -0.3 is 15.2 Å². The van der Waals surface area contributed by atoms with Crippen LogP contribution in [0.15, 0.2) is 42.5 Å². The molecule has 1 heterocycles. The molecule has 1 aromatic heterocycles. The second-order valence-electron chi connectivity index (χ2n) is 9.12. The molecule has 3 aromatic rings. The molecule has 0 saturated carbocycles. The quantitative estimate of drug-likeness (QED) is 0.404. The van der Waals surface area contributed by atoms with Gasteiger partial charge in [0.2, 0.25) is 0 Å². The van der Waals surface area contributed by atoms with Crippen molar-refractivity contribution in [3.63, 3.8) is 0 Å². The average Bonchev–Trinajstić information content (AvgIpc) is 3.07. The molecule has 0 saturated heterocycles. The summed E-state index contributed by atoms with van der Waals surface area (Å²) in [4.78, 5) is 5.42. The predicted molar refractivity (Wildman–Crippen MR) is 128 cm³/mol. The van der Waals surface area contributed by atoms with E-state index in [1.807, 2.05) is 45.0 Å². The summed E-state index contributed by atoms with van der Waals surface area (Å²) in [6.45, 7) is 9.74. The van der Waals surface area contributed by atoms with Gasteiger partial charge in [0.15, 0.2) is 11.7 Å². The summed E-state index contributed by atoms with van der Waals surface area (Å²) in [7, 11) is 0. The Balaban J connectivity index is 2.00. The first-order valence-corrected chi connectivity index (χ1v) is 11.3. The maximum atomic E-state index is 14.4.